The van der Waals surface area contributed by atoms with E-state index in [0.29, 0.717) is 23.2 Å². The fourth-order valence-corrected chi connectivity index (χ4v) is 3.39. The summed E-state index contributed by atoms with van der Waals surface area (Å²) >= 11 is 0. The largest absolute Gasteiger partial charge is 0.334 e. The van der Waals surface area contributed by atoms with Crippen molar-refractivity contribution in [3.63, 3.8) is 0 Å². The fourth-order valence-electron chi connectivity index (χ4n) is 3.39. The molecule has 0 radical (unpaired) electrons. The first-order valence-corrected chi connectivity index (χ1v) is 7.34. The van der Waals surface area contributed by atoms with Crippen LogP contribution in [0, 0.1) is 11.3 Å². The predicted molar refractivity (Wildman–Crippen MR) is 76.2 cm³/mol. The van der Waals surface area contributed by atoms with Crippen molar-refractivity contribution in [3.8, 4) is 6.07 Å². The van der Waals surface area contributed by atoms with Gasteiger partial charge in [-0.1, -0.05) is 6.07 Å². The van der Waals surface area contributed by atoms with Gasteiger partial charge in [-0.2, -0.15) is 5.26 Å². The number of carbonyl (C=O) groups excluding carboxylic acids is 1. The van der Waals surface area contributed by atoms with Crippen molar-refractivity contribution < 1.29 is 4.79 Å². The Morgan fingerprint density at radius 1 is 1.35 bits per heavy atom. The highest BCUT2D eigenvalue weighted by atomic mass is 16.2. The number of rotatable bonds is 2. The molecule has 2 aliphatic rings. The minimum atomic E-state index is 0.0679. The Bertz CT molecular complexity index is 543. The lowest BCUT2D eigenvalue weighted by Crippen LogP contribution is -2.46. The monoisotopic (exact) mass is 269 g/mol. The average molecular weight is 269 g/mol. The first-order valence-electron chi connectivity index (χ1n) is 7.34. The van der Waals surface area contributed by atoms with Gasteiger partial charge in [0.2, 0.25) is 0 Å². The first kappa shape index (κ1) is 13.1. The Hall–Kier alpha value is -1.86. The molecule has 2 saturated heterocycles. The SMILES string of the molecule is N#Cc1cccc(C(=O)N2CCCC2C2CCCN2)c1. The van der Waals surface area contributed by atoms with E-state index in [2.05, 4.69) is 11.4 Å². The van der Waals surface area contributed by atoms with Gasteiger partial charge in [-0.05, 0) is 50.4 Å². The summed E-state index contributed by atoms with van der Waals surface area (Å²) in [7, 11) is 0. The quantitative estimate of drug-likeness (QED) is 0.892. The summed E-state index contributed by atoms with van der Waals surface area (Å²) in [5, 5.41) is 12.5. The Balaban J connectivity index is 1.80. The van der Waals surface area contributed by atoms with E-state index < -0.39 is 0 Å². The van der Waals surface area contributed by atoms with E-state index in [1.807, 2.05) is 4.90 Å². The molecule has 1 N–H and O–H groups in total. The molecule has 4 nitrogen and oxygen atoms in total. The van der Waals surface area contributed by atoms with Crippen LogP contribution in [0.15, 0.2) is 24.3 Å². The van der Waals surface area contributed by atoms with Gasteiger partial charge in [-0.3, -0.25) is 4.79 Å². The van der Waals surface area contributed by atoms with Gasteiger partial charge in [0.05, 0.1) is 11.6 Å². The average Bonchev–Trinajstić information content (AvgIpc) is 3.16. The van der Waals surface area contributed by atoms with Crippen LogP contribution in [0.1, 0.15) is 41.6 Å². The number of hydrogen-bond donors (Lipinski definition) is 1. The van der Waals surface area contributed by atoms with Crippen LogP contribution in [-0.4, -0.2) is 36.0 Å². The molecular formula is C16H19N3O. The molecule has 2 atom stereocenters. The Morgan fingerprint density at radius 3 is 3.00 bits per heavy atom. The second-order valence-corrected chi connectivity index (χ2v) is 5.60. The van der Waals surface area contributed by atoms with Crippen molar-refractivity contribution in [2.75, 3.05) is 13.1 Å². The third-order valence-corrected chi connectivity index (χ3v) is 4.36. The Morgan fingerprint density at radius 2 is 2.25 bits per heavy atom. The van der Waals surface area contributed by atoms with Gasteiger partial charge in [0, 0.05) is 24.2 Å². The van der Waals surface area contributed by atoms with E-state index in [-0.39, 0.29) is 5.91 Å². The molecule has 2 aliphatic heterocycles. The summed E-state index contributed by atoms with van der Waals surface area (Å²) in [6, 6.07) is 9.87. The fraction of sp³-hybridized carbons (Fsp3) is 0.500. The smallest absolute Gasteiger partial charge is 0.254 e. The summed E-state index contributed by atoms with van der Waals surface area (Å²) in [5.41, 5.74) is 1.18. The van der Waals surface area contributed by atoms with Gasteiger partial charge in [0.1, 0.15) is 0 Å². The Kier molecular flexibility index (Phi) is 3.70. The van der Waals surface area contributed by atoms with Crippen LogP contribution in [0.3, 0.4) is 0 Å². The lowest BCUT2D eigenvalue weighted by atomic mass is 10.0. The van der Waals surface area contributed by atoms with E-state index in [1.165, 1.54) is 6.42 Å². The number of amides is 1. The topological polar surface area (TPSA) is 56.1 Å². The molecule has 104 valence electrons. The maximum absolute atomic E-state index is 12.7. The first-order chi connectivity index (χ1) is 9.79. The lowest BCUT2D eigenvalue weighted by molar-refractivity contribution is 0.0711. The number of nitriles is 1. The summed E-state index contributed by atoms with van der Waals surface area (Å²) in [4.78, 5) is 14.7. The molecule has 1 aromatic carbocycles. The van der Waals surface area contributed by atoms with E-state index >= 15 is 0 Å². The van der Waals surface area contributed by atoms with Gasteiger partial charge >= 0.3 is 0 Å². The van der Waals surface area contributed by atoms with Crippen LogP contribution in [0.2, 0.25) is 0 Å². The minimum absolute atomic E-state index is 0.0679. The summed E-state index contributed by atoms with van der Waals surface area (Å²) in [6.07, 6.45) is 4.52. The molecule has 0 bridgehead atoms. The molecule has 2 fully saturated rings. The number of likely N-dealkylation sites (tertiary alicyclic amines) is 1. The maximum atomic E-state index is 12.7. The minimum Gasteiger partial charge on any atom is -0.334 e. The van der Waals surface area contributed by atoms with Crippen molar-refractivity contribution in [2.45, 2.75) is 37.8 Å². The summed E-state index contributed by atoms with van der Waals surface area (Å²) in [6.45, 7) is 1.89. The van der Waals surface area contributed by atoms with Gasteiger partial charge in [-0.15, -0.1) is 0 Å². The van der Waals surface area contributed by atoms with Crippen LogP contribution < -0.4 is 5.32 Å². The van der Waals surface area contributed by atoms with Crippen LogP contribution >= 0.6 is 0 Å². The molecule has 0 aliphatic carbocycles. The molecule has 3 rings (SSSR count). The van der Waals surface area contributed by atoms with Crippen molar-refractivity contribution >= 4 is 5.91 Å². The highest BCUT2D eigenvalue weighted by Gasteiger charge is 2.36. The van der Waals surface area contributed by atoms with Crippen LogP contribution in [0.5, 0.6) is 0 Å². The number of hydrogen-bond acceptors (Lipinski definition) is 3. The van der Waals surface area contributed by atoms with Crippen molar-refractivity contribution in [1.29, 1.82) is 5.26 Å². The third-order valence-electron chi connectivity index (χ3n) is 4.36. The molecule has 20 heavy (non-hydrogen) atoms. The molecule has 1 aromatic rings. The highest BCUT2D eigenvalue weighted by molar-refractivity contribution is 5.95. The van der Waals surface area contributed by atoms with Gasteiger partial charge in [0.15, 0.2) is 0 Å². The van der Waals surface area contributed by atoms with Crippen molar-refractivity contribution in [1.82, 2.24) is 10.2 Å². The number of benzene rings is 1. The van der Waals surface area contributed by atoms with Crippen molar-refractivity contribution in [3.05, 3.63) is 35.4 Å². The molecule has 0 spiro atoms. The normalized spacial score (nSPS) is 25.6. The van der Waals surface area contributed by atoms with Gasteiger partial charge < -0.3 is 10.2 Å². The zero-order chi connectivity index (χ0) is 13.9. The zero-order valence-corrected chi connectivity index (χ0v) is 11.5. The molecule has 0 aromatic heterocycles. The van der Waals surface area contributed by atoms with Crippen LogP contribution in [0.25, 0.3) is 0 Å². The molecule has 2 unspecified atom stereocenters. The third kappa shape index (κ3) is 2.41. The van der Waals surface area contributed by atoms with Gasteiger partial charge in [0.25, 0.3) is 5.91 Å². The number of nitrogens with one attached hydrogen (secondary N) is 1. The van der Waals surface area contributed by atoms with E-state index in [0.717, 1.165) is 32.4 Å². The lowest BCUT2D eigenvalue weighted by Gasteiger charge is -2.29. The number of nitrogens with zero attached hydrogens (tertiary/aromatic N) is 2. The summed E-state index contributed by atoms with van der Waals surface area (Å²) in [5.74, 6) is 0.0679. The molecule has 4 heteroatoms. The Labute approximate surface area is 119 Å². The van der Waals surface area contributed by atoms with Crippen molar-refractivity contribution in [2.24, 2.45) is 0 Å². The molecule has 0 saturated carbocycles. The molecule has 1 amide bonds. The second kappa shape index (κ2) is 5.64. The van der Waals surface area contributed by atoms with E-state index in [9.17, 15) is 4.79 Å². The highest BCUT2D eigenvalue weighted by Crippen LogP contribution is 2.26. The summed E-state index contributed by atoms with van der Waals surface area (Å²) < 4.78 is 0. The van der Waals surface area contributed by atoms with Crippen LogP contribution in [0.4, 0.5) is 0 Å². The van der Waals surface area contributed by atoms with E-state index in [4.69, 9.17) is 5.26 Å². The van der Waals surface area contributed by atoms with Gasteiger partial charge in [-0.25, -0.2) is 0 Å². The van der Waals surface area contributed by atoms with Crippen LogP contribution in [-0.2, 0) is 0 Å². The molecule has 2 heterocycles. The standard InChI is InChI=1S/C16H19N3O/c17-11-12-4-1-5-13(10-12)16(20)19-9-3-7-15(19)14-6-2-8-18-14/h1,4-5,10,14-15,18H,2-3,6-9H2. The maximum Gasteiger partial charge on any atom is 0.254 e. The molecular weight excluding hydrogens is 250 g/mol. The number of carbonyl (C=O) groups is 1. The van der Waals surface area contributed by atoms with E-state index in [1.54, 1.807) is 24.3 Å². The zero-order valence-electron chi connectivity index (χ0n) is 11.5. The predicted octanol–water partition coefficient (Wildman–Crippen LogP) is 1.91. The second-order valence-electron chi connectivity index (χ2n) is 5.60.